The van der Waals surface area contributed by atoms with Gasteiger partial charge in [-0.25, -0.2) is 0 Å². The Hall–Kier alpha value is -0.260. The molecule has 0 N–H and O–H groups in total. The van der Waals surface area contributed by atoms with Crippen LogP contribution in [0.4, 0.5) is 0 Å². The van der Waals surface area contributed by atoms with E-state index < -0.39 is 0 Å². The molecule has 0 fully saturated rings. The Bertz CT molecular complexity index is 484. The molecule has 0 bridgehead atoms. The van der Waals surface area contributed by atoms with Gasteiger partial charge in [0.2, 0.25) is 0 Å². The minimum Gasteiger partial charge on any atom is -0.370 e. The average Bonchev–Trinajstić information content (AvgIpc) is 2.28. The van der Waals surface area contributed by atoms with E-state index in [0.717, 1.165) is 0 Å². The highest BCUT2D eigenvalue weighted by Gasteiger charge is 2.24. The molecule has 0 aliphatic carbocycles. The third-order valence-corrected chi connectivity index (χ3v) is 5.86. The Morgan fingerprint density at radius 3 is 0.724 bits per heavy atom. The molecule has 0 amide bonds. The fourth-order valence-corrected chi connectivity index (χ4v) is 4.05. The first kappa shape index (κ1) is 33.4. The summed E-state index contributed by atoms with van der Waals surface area (Å²) >= 11 is 0. The minimum absolute atomic E-state index is 0.0156. The summed E-state index contributed by atoms with van der Waals surface area (Å²) in [6, 6.07) is 0. The summed E-state index contributed by atoms with van der Waals surface area (Å²) in [6.07, 6.45) is 0. The molecule has 0 aromatic carbocycles. The standard InChI is InChI=1S/C10H18.C9H20S.C8H18O/c1-9(2,3)7-8-10(4,5)6;1-8(2,3)10(7)9(4,5)6;1-7(2,3)9-8(4,5)6/h1-6H3;7H2,1-6H3;1-6H3. The number of hydrogen-bond acceptors (Lipinski definition) is 1. The van der Waals surface area contributed by atoms with Gasteiger partial charge in [-0.05, 0) is 83.1 Å². The highest BCUT2D eigenvalue weighted by Crippen LogP contribution is 2.41. The summed E-state index contributed by atoms with van der Waals surface area (Å²) in [4.78, 5) is 0. The predicted molar refractivity (Wildman–Crippen MR) is 141 cm³/mol. The van der Waals surface area contributed by atoms with Gasteiger partial charge in [-0.3, -0.25) is 0 Å². The van der Waals surface area contributed by atoms with Crippen LogP contribution in [-0.4, -0.2) is 26.6 Å². The third kappa shape index (κ3) is 30.0. The van der Waals surface area contributed by atoms with Crippen LogP contribution in [0.1, 0.15) is 125 Å². The van der Waals surface area contributed by atoms with Crippen LogP contribution in [0.25, 0.3) is 0 Å². The second kappa shape index (κ2) is 11.4. The van der Waals surface area contributed by atoms with Crippen molar-refractivity contribution < 1.29 is 4.74 Å². The Kier molecular flexibility index (Phi) is 13.1. The van der Waals surface area contributed by atoms with E-state index in [9.17, 15) is 0 Å². The lowest BCUT2D eigenvalue weighted by Crippen LogP contribution is -2.31. The predicted octanol–water partition coefficient (Wildman–Crippen LogP) is 8.97. The van der Waals surface area contributed by atoms with Crippen molar-refractivity contribution >= 4 is 16.4 Å². The van der Waals surface area contributed by atoms with Gasteiger partial charge in [0.25, 0.3) is 0 Å². The quantitative estimate of drug-likeness (QED) is 0.276. The van der Waals surface area contributed by atoms with Gasteiger partial charge in [-0.1, -0.05) is 59.3 Å². The van der Waals surface area contributed by atoms with Crippen molar-refractivity contribution in [1.82, 2.24) is 0 Å². The van der Waals surface area contributed by atoms with E-state index in [1.165, 1.54) is 0 Å². The van der Waals surface area contributed by atoms with Crippen molar-refractivity contribution in [3.8, 4) is 11.8 Å². The molecule has 0 aromatic heterocycles. The van der Waals surface area contributed by atoms with E-state index >= 15 is 0 Å². The molecule has 0 saturated carbocycles. The topological polar surface area (TPSA) is 9.23 Å². The number of hydrogen-bond donors (Lipinski definition) is 0. The molecule has 0 saturated heterocycles. The van der Waals surface area contributed by atoms with E-state index in [1.807, 2.05) is 0 Å². The normalized spacial score (nSPS) is 13.5. The van der Waals surface area contributed by atoms with Crippen molar-refractivity contribution in [1.29, 1.82) is 0 Å². The molecule has 2 heteroatoms. The molecule has 0 aliphatic rings. The first-order chi connectivity index (χ1) is 12.1. The molecule has 1 nitrogen and oxygen atoms in total. The van der Waals surface area contributed by atoms with E-state index in [-0.39, 0.29) is 32.5 Å². The molecule has 0 aliphatic heterocycles. The fourth-order valence-electron chi connectivity index (χ4n) is 2.21. The van der Waals surface area contributed by atoms with Crippen molar-refractivity contribution in [3.05, 3.63) is 0 Å². The van der Waals surface area contributed by atoms with Crippen LogP contribution >= 0.6 is 10.5 Å². The van der Waals surface area contributed by atoms with Crippen LogP contribution < -0.4 is 0 Å². The Morgan fingerprint density at radius 2 is 0.690 bits per heavy atom. The van der Waals surface area contributed by atoms with Gasteiger partial charge in [0.05, 0.1) is 11.2 Å². The molecule has 0 aromatic rings. The molecule has 0 heterocycles. The zero-order valence-electron chi connectivity index (χ0n) is 23.5. The fraction of sp³-hybridized carbons (Fsp3) is 0.889. The van der Waals surface area contributed by atoms with Crippen molar-refractivity contribution in [2.24, 2.45) is 10.8 Å². The molecule has 29 heavy (non-hydrogen) atoms. The van der Waals surface area contributed by atoms with E-state index in [0.29, 0.717) is 9.49 Å². The maximum Gasteiger partial charge on any atom is 0.0605 e. The largest absolute Gasteiger partial charge is 0.370 e. The van der Waals surface area contributed by atoms with E-state index in [1.54, 1.807) is 0 Å². The summed E-state index contributed by atoms with van der Waals surface area (Å²) in [5.74, 6) is 10.6. The number of rotatable bonds is 0. The van der Waals surface area contributed by atoms with Gasteiger partial charge in [0, 0.05) is 20.3 Å². The van der Waals surface area contributed by atoms with Crippen molar-refractivity contribution in [2.45, 2.75) is 145 Å². The molecule has 0 atom stereocenters. The second-order valence-corrected chi connectivity index (χ2v) is 16.9. The molecular weight excluding hydrogens is 372 g/mol. The molecule has 0 spiro atoms. The number of ether oxygens (including phenoxy) is 1. The Labute approximate surface area is 189 Å². The van der Waals surface area contributed by atoms with Gasteiger partial charge < -0.3 is 4.74 Å². The SMILES string of the molecule is C=S(C(C)(C)C)C(C)(C)C.CC(C)(C)C#CC(C)(C)C.CC(C)(C)OC(C)(C)C. The van der Waals surface area contributed by atoms with Crippen LogP contribution in [0.3, 0.4) is 0 Å². The second-order valence-electron chi connectivity index (χ2n) is 13.7. The Balaban J connectivity index is -0.000000350. The van der Waals surface area contributed by atoms with Gasteiger partial charge >= 0.3 is 0 Å². The molecule has 0 radical (unpaired) electrons. The van der Waals surface area contributed by atoms with Gasteiger partial charge in [-0.2, -0.15) is 10.5 Å². The molecule has 0 unspecified atom stereocenters. The van der Waals surface area contributed by atoms with Crippen LogP contribution in [0.5, 0.6) is 0 Å². The van der Waals surface area contributed by atoms with Crippen LogP contribution in [0.2, 0.25) is 0 Å². The lowest BCUT2D eigenvalue weighted by Gasteiger charge is -2.34. The molecular formula is C27H56OS. The van der Waals surface area contributed by atoms with E-state index in [2.05, 4.69) is 142 Å². The van der Waals surface area contributed by atoms with Crippen LogP contribution in [-0.2, 0) is 4.74 Å². The van der Waals surface area contributed by atoms with Crippen LogP contribution in [0, 0.1) is 22.7 Å². The monoisotopic (exact) mass is 428 g/mol. The first-order valence-electron chi connectivity index (χ1n) is 10.9. The summed E-state index contributed by atoms with van der Waals surface area (Å²) in [6.45, 7) is 38.7. The van der Waals surface area contributed by atoms with Crippen molar-refractivity contribution in [2.75, 3.05) is 0 Å². The summed E-state index contributed by atoms with van der Waals surface area (Å²) in [5.41, 5.74) is 0.261. The maximum absolute atomic E-state index is 5.62. The lowest BCUT2D eigenvalue weighted by atomic mass is 9.92. The average molecular weight is 429 g/mol. The highest BCUT2D eigenvalue weighted by molar-refractivity contribution is 8.16. The van der Waals surface area contributed by atoms with Gasteiger partial charge in [-0.15, -0.1) is 0 Å². The van der Waals surface area contributed by atoms with Crippen LogP contribution in [0.15, 0.2) is 0 Å². The lowest BCUT2D eigenvalue weighted by molar-refractivity contribution is -0.102. The van der Waals surface area contributed by atoms with Gasteiger partial charge in [0.15, 0.2) is 0 Å². The highest BCUT2D eigenvalue weighted by atomic mass is 32.2. The maximum atomic E-state index is 5.62. The smallest absolute Gasteiger partial charge is 0.0605 e. The zero-order valence-corrected chi connectivity index (χ0v) is 24.3. The molecule has 0 rings (SSSR count). The first-order valence-corrected chi connectivity index (χ1v) is 12.2. The third-order valence-electron chi connectivity index (χ3n) is 2.90. The van der Waals surface area contributed by atoms with Crippen molar-refractivity contribution in [3.63, 3.8) is 0 Å². The summed E-state index contributed by atoms with van der Waals surface area (Å²) < 4.78 is 6.34. The summed E-state index contributed by atoms with van der Waals surface area (Å²) in [7, 11) is 0.245. The minimum atomic E-state index is -0.0156. The zero-order chi connectivity index (χ0) is 24.7. The summed E-state index contributed by atoms with van der Waals surface area (Å²) in [5, 5.41) is 0. The molecule has 176 valence electrons. The Morgan fingerprint density at radius 1 is 0.483 bits per heavy atom. The van der Waals surface area contributed by atoms with Gasteiger partial charge in [0.1, 0.15) is 0 Å². The van der Waals surface area contributed by atoms with E-state index in [4.69, 9.17) is 4.74 Å².